The van der Waals surface area contributed by atoms with Crippen molar-refractivity contribution in [1.29, 1.82) is 5.26 Å². The summed E-state index contributed by atoms with van der Waals surface area (Å²) in [7, 11) is 0. The molecular weight excluding hydrogens is 296 g/mol. The fourth-order valence-corrected chi connectivity index (χ4v) is 4.13. The second-order valence-corrected chi connectivity index (χ2v) is 7.85. The molecule has 2 aliphatic rings. The Bertz CT molecular complexity index is 669. The van der Waals surface area contributed by atoms with Crippen LogP contribution in [0, 0.1) is 23.7 Å². The predicted molar refractivity (Wildman–Crippen MR) is 97.9 cm³/mol. The summed E-state index contributed by atoms with van der Waals surface area (Å²) in [6.07, 6.45) is 10.3. The van der Waals surface area contributed by atoms with Crippen LogP contribution in [0.15, 0.2) is 30.5 Å². The molecule has 1 aromatic carbocycles. The van der Waals surface area contributed by atoms with E-state index in [9.17, 15) is 5.26 Å². The zero-order chi connectivity index (χ0) is 17.2. The van der Waals surface area contributed by atoms with Crippen LogP contribution in [-0.2, 0) is 4.74 Å². The Morgan fingerprint density at radius 3 is 2.83 bits per heavy atom. The summed E-state index contributed by atoms with van der Waals surface area (Å²) in [5.41, 5.74) is 3.52. The van der Waals surface area contributed by atoms with E-state index in [0.29, 0.717) is 0 Å². The van der Waals surface area contributed by atoms with Crippen molar-refractivity contribution in [2.75, 3.05) is 18.1 Å². The van der Waals surface area contributed by atoms with Crippen molar-refractivity contribution in [2.24, 2.45) is 5.41 Å². The maximum Gasteiger partial charge on any atom is 0.0992 e. The molecule has 0 aromatic heterocycles. The Hall–Kier alpha value is -1.79. The Labute approximate surface area is 145 Å². The third-order valence-electron chi connectivity index (χ3n) is 5.44. The summed E-state index contributed by atoms with van der Waals surface area (Å²) >= 11 is 0. The van der Waals surface area contributed by atoms with Gasteiger partial charge in [0.2, 0.25) is 0 Å². The number of aryl methyl sites for hydroxylation is 1. The molecule has 1 spiro atoms. The van der Waals surface area contributed by atoms with Crippen LogP contribution in [0.4, 0.5) is 5.69 Å². The van der Waals surface area contributed by atoms with Gasteiger partial charge in [-0.25, -0.2) is 0 Å². The second-order valence-electron chi connectivity index (χ2n) is 7.85. The quantitative estimate of drug-likeness (QED) is 0.720. The molecule has 24 heavy (non-hydrogen) atoms. The minimum absolute atomic E-state index is 0.177. The fourth-order valence-electron chi connectivity index (χ4n) is 4.13. The van der Waals surface area contributed by atoms with Crippen LogP contribution in [0.25, 0.3) is 0 Å². The molecule has 1 heterocycles. The Kier molecular flexibility index (Phi) is 4.69. The van der Waals surface area contributed by atoms with Gasteiger partial charge in [-0.15, -0.1) is 0 Å². The van der Waals surface area contributed by atoms with E-state index >= 15 is 0 Å². The number of benzene rings is 1. The average Bonchev–Trinajstić information content (AvgIpc) is 3.30. The molecule has 0 radical (unpaired) electrons. The van der Waals surface area contributed by atoms with E-state index < -0.39 is 0 Å². The molecule has 3 rings (SSSR count). The largest absolute Gasteiger partial charge is 0.370 e. The lowest BCUT2D eigenvalue weighted by Gasteiger charge is -2.40. The highest BCUT2D eigenvalue weighted by Gasteiger charge is 2.52. The molecule has 1 saturated carbocycles. The number of anilines is 1. The van der Waals surface area contributed by atoms with E-state index in [1.54, 1.807) is 0 Å². The summed E-state index contributed by atoms with van der Waals surface area (Å²) in [6.45, 7) is 8.59. The van der Waals surface area contributed by atoms with Gasteiger partial charge >= 0.3 is 0 Å². The Balaban J connectivity index is 1.87. The van der Waals surface area contributed by atoms with Crippen LogP contribution in [0.3, 0.4) is 0 Å². The first-order chi connectivity index (χ1) is 11.5. The van der Waals surface area contributed by atoms with E-state index in [0.717, 1.165) is 37.2 Å². The van der Waals surface area contributed by atoms with Crippen molar-refractivity contribution in [3.05, 3.63) is 41.6 Å². The van der Waals surface area contributed by atoms with Crippen LogP contribution in [0.1, 0.15) is 57.1 Å². The highest BCUT2D eigenvalue weighted by atomic mass is 16.6. The minimum atomic E-state index is 0.177. The molecule has 2 fully saturated rings. The van der Waals surface area contributed by atoms with Crippen molar-refractivity contribution in [3.63, 3.8) is 0 Å². The molecule has 128 valence electrons. The molecule has 1 aliphatic heterocycles. The summed E-state index contributed by atoms with van der Waals surface area (Å²) in [4.78, 5) is 2.35. The molecule has 1 aliphatic carbocycles. The molecule has 0 bridgehead atoms. The van der Waals surface area contributed by atoms with Gasteiger partial charge in [0, 0.05) is 18.4 Å². The smallest absolute Gasteiger partial charge is 0.0992 e. The van der Waals surface area contributed by atoms with Gasteiger partial charge in [-0.3, -0.25) is 0 Å². The normalized spacial score (nSPS) is 28.9. The van der Waals surface area contributed by atoms with Crippen molar-refractivity contribution in [2.45, 2.75) is 58.5 Å². The van der Waals surface area contributed by atoms with Crippen LogP contribution in [0.5, 0.6) is 0 Å². The number of ether oxygens (including phenoxy) is 1. The van der Waals surface area contributed by atoms with E-state index in [-0.39, 0.29) is 11.0 Å². The molecule has 0 amide bonds. The van der Waals surface area contributed by atoms with E-state index in [4.69, 9.17) is 4.74 Å². The molecule has 3 heteroatoms. The Morgan fingerprint density at radius 1 is 1.38 bits per heavy atom. The number of allylic oxidation sites excluding steroid dienone is 1. The van der Waals surface area contributed by atoms with Gasteiger partial charge < -0.3 is 9.64 Å². The van der Waals surface area contributed by atoms with Crippen molar-refractivity contribution < 1.29 is 4.74 Å². The third-order valence-corrected chi connectivity index (χ3v) is 5.44. The molecule has 0 unspecified atom stereocenters. The maximum absolute atomic E-state index is 9.26. The highest BCUT2D eigenvalue weighted by Crippen LogP contribution is 2.50. The summed E-state index contributed by atoms with van der Waals surface area (Å²) in [5.74, 6) is 0. The standard InChI is InChI=1S/C21H28N2O/c1-4-5-11-23(19-12-18(13-22)8-7-17(19)2)15-20(3)9-6-10-21(14-20)16-24-21/h5,7-8,11-12H,4,6,9-10,14-16H2,1-3H3/b11-5-/t20-,21-/m0/s1. The topological polar surface area (TPSA) is 39.6 Å². The molecular formula is C21H28N2O. The predicted octanol–water partition coefficient (Wildman–Crippen LogP) is 4.95. The SMILES string of the molecule is CC/C=C\N(C[C@@]1(C)CCC[C@@]2(CO2)C1)c1cc(C#N)ccc1C. The number of hydrogen-bond acceptors (Lipinski definition) is 3. The van der Waals surface area contributed by atoms with E-state index in [1.807, 2.05) is 12.1 Å². The van der Waals surface area contributed by atoms with Crippen molar-refractivity contribution in [1.82, 2.24) is 0 Å². The minimum Gasteiger partial charge on any atom is -0.370 e. The lowest BCUT2D eigenvalue weighted by molar-refractivity contribution is 0.125. The van der Waals surface area contributed by atoms with Crippen molar-refractivity contribution >= 4 is 5.69 Å². The Morgan fingerprint density at radius 2 is 2.17 bits per heavy atom. The van der Waals surface area contributed by atoms with Gasteiger partial charge in [-0.1, -0.05) is 26.0 Å². The summed E-state index contributed by atoms with van der Waals surface area (Å²) in [6, 6.07) is 8.24. The number of rotatable bonds is 5. The number of nitriles is 1. The maximum atomic E-state index is 9.26. The lowest BCUT2D eigenvalue weighted by Crippen LogP contribution is -2.40. The van der Waals surface area contributed by atoms with Gasteiger partial charge in [0.25, 0.3) is 0 Å². The first-order valence-corrected chi connectivity index (χ1v) is 9.07. The second kappa shape index (κ2) is 6.61. The van der Waals surface area contributed by atoms with Crippen LogP contribution < -0.4 is 4.90 Å². The van der Waals surface area contributed by atoms with Gasteiger partial charge in [-0.05, 0) is 62.1 Å². The first kappa shape index (κ1) is 17.0. The summed E-state index contributed by atoms with van der Waals surface area (Å²) < 4.78 is 5.78. The molecule has 2 atom stereocenters. The molecule has 1 saturated heterocycles. The van der Waals surface area contributed by atoms with Crippen LogP contribution >= 0.6 is 0 Å². The number of epoxide rings is 1. The van der Waals surface area contributed by atoms with E-state index in [1.165, 1.54) is 24.8 Å². The number of nitrogens with zero attached hydrogens (tertiary/aromatic N) is 2. The van der Waals surface area contributed by atoms with Gasteiger partial charge in [0.05, 0.1) is 23.8 Å². The molecule has 3 nitrogen and oxygen atoms in total. The third kappa shape index (κ3) is 3.65. The average molecular weight is 324 g/mol. The first-order valence-electron chi connectivity index (χ1n) is 9.07. The zero-order valence-corrected chi connectivity index (χ0v) is 15.1. The van der Waals surface area contributed by atoms with E-state index in [2.05, 4.69) is 50.1 Å². The molecule has 1 aromatic rings. The number of hydrogen-bond donors (Lipinski definition) is 0. The van der Waals surface area contributed by atoms with Gasteiger partial charge in [0.1, 0.15) is 0 Å². The summed E-state index contributed by atoms with van der Waals surface area (Å²) in [5, 5.41) is 9.26. The van der Waals surface area contributed by atoms with Crippen LogP contribution in [-0.4, -0.2) is 18.8 Å². The van der Waals surface area contributed by atoms with Crippen LogP contribution in [0.2, 0.25) is 0 Å². The van der Waals surface area contributed by atoms with Crippen molar-refractivity contribution in [3.8, 4) is 6.07 Å². The highest BCUT2D eigenvalue weighted by molar-refractivity contribution is 5.59. The van der Waals surface area contributed by atoms with Gasteiger partial charge in [0.15, 0.2) is 0 Å². The zero-order valence-electron chi connectivity index (χ0n) is 15.1. The van der Waals surface area contributed by atoms with Gasteiger partial charge in [-0.2, -0.15) is 5.26 Å². The lowest BCUT2D eigenvalue weighted by atomic mass is 9.70. The fraction of sp³-hybridized carbons (Fsp3) is 0.571. The monoisotopic (exact) mass is 324 g/mol. The molecule has 0 N–H and O–H groups in total.